The van der Waals surface area contributed by atoms with E-state index in [1.165, 1.54) is 0 Å². The molecule has 3 aromatic rings. The molecule has 40 heavy (non-hydrogen) atoms. The molecule has 2 aliphatic heterocycles. The van der Waals surface area contributed by atoms with Crippen LogP contribution < -0.4 is 28.4 Å². The second-order valence-electron chi connectivity index (χ2n) is 10.3. The van der Waals surface area contributed by atoms with Crippen LogP contribution in [0.5, 0.6) is 28.9 Å². The van der Waals surface area contributed by atoms with Gasteiger partial charge in [-0.05, 0) is 50.6 Å². The number of hydrogen-bond donors (Lipinski definition) is 3. The van der Waals surface area contributed by atoms with Crippen molar-refractivity contribution in [3.05, 3.63) is 71.4 Å². The average molecular weight is 570 g/mol. The van der Waals surface area contributed by atoms with E-state index in [9.17, 15) is 18.3 Å². The summed E-state index contributed by atoms with van der Waals surface area (Å²) in [4.78, 5) is 16.2. The molecule has 2 atom stereocenters. The van der Waals surface area contributed by atoms with Crippen molar-refractivity contribution in [2.24, 2.45) is 0 Å². The molecule has 0 radical (unpaired) electrons. The van der Waals surface area contributed by atoms with E-state index in [0.29, 0.717) is 53.2 Å². The van der Waals surface area contributed by atoms with Crippen molar-refractivity contribution in [3.8, 4) is 28.9 Å². The summed E-state index contributed by atoms with van der Waals surface area (Å²) >= 11 is 0. The van der Waals surface area contributed by atoms with Gasteiger partial charge in [0.15, 0.2) is 17.6 Å². The fourth-order valence-corrected chi connectivity index (χ4v) is 5.40. The lowest BCUT2D eigenvalue weighted by Gasteiger charge is -2.24. The van der Waals surface area contributed by atoms with E-state index in [1.807, 2.05) is 29.8 Å². The molecule has 3 N–H and O–H groups in total. The van der Waals surface area contributed by atoms with Crippen LogP contribution in [0, 0.1) is 6.92 Å². The van der Waals surface area contributed by atoms with Gasteiger partial charge in [-0.25, -0.2) is 9.71 Å². The van der Waals surface area contributed by atoms with Gasteiger partial charge < -0.3 is 24.1 Å². The predicted molar refractivity (Wildman–Crippen MR) is 145 cm³/mol. The number of aliphatic hydroxyl groups is 1. The van der Waals surface area contributed by atoms with Crippen LogP contribution >= 0.6 is 0 Å². The first kappa shape index (κ1) is 27.7. The minimum atomic E-state index is -3.86. The fourth-order valence-electron chi connectivity index (χ4n) is 4.37. The molecule has 5 rings (SSSR count). The van der Waals surface area contributed by atoms with Gasteiger partial charge in [-0.1, -0.05) is 24.3 Å². The summed E-state index contributed by atoms with van der Waals surface area (Å²) in [5.41, 5.74) is 1.31. The number of para-hydroxylation sites is 1. The molecule has 0 bridgehead atoms. The van der Waals surface area contributed by atoms with Crippen LogP contribution in [-0.4, -0.2) is 43.2 Å². The summed E-state index contributed by atoms with van der Waals surface area (Å²) in [5.74, 6) is 2.13. The third-order valence-corrected chi connectivity index (χ3v) is 7.52. The Bertz CT molecular complexity index is 1500. The number of carbonyl (C=O) groups is 1. The number of ether oxygens (including phenoxy) is 4. The first-order chi connectivity index (χ1) is 19.0. The third-order valence-electron chi connectivity index (χ3n) is 6.43. The highest BCUT2D eigenvalue weighted by Gasteiger charge is 2.31. The summed E-state index contributed by atoms with van der Waals surface area (Å²) < 4.78 is 51.9. The van der Waals surface area contributed by atoms with E-state index in [-0.39, 0.29) is 19.1 Å². The number of amides is 1. The normalized spacial score (nSPS) is 19.8. The van der Waals surface area contributed by atoms with Crippen LogP contribution in [0.2, 0.25) is 0 Å². The molecule has 0 spiro atoms. The molecule has 1 unspecified atom stereocenters. The largest absolute Gasteiger partial charge is 0.485 e. The van der Waals surface area contributed by atoms with Gasteiger partial charge in [0.05, 0.1) is 23.9 Å². The Morgan fingerprint density at radius 1 is 1.10 bits per heavy atom. The number of nitrogens with zero attached hydrogens (tertiary/aromatic N) is 1. The number of hydrogen-bond acceptors (Lipinski definition) is 9. The lowest BCUT2D eigenvalue weighted by atomic mass is 10.0. The van der Waals surface area contributed by atoms with Crippen LogP contribution in [0.4, 0.5) is 0 Å². The van der Waals surface area contributed by atoms with Crippen molar-refractivity contribution < 1.29 is 37.3 Å². The summed E-state index contributed by atoms with van der Waals surface area (Å²) in [5, 5.41) is 9.85. The third kappa shape index (κ3) is 6.64. The lowest BCUT2D eigenvalue weighted by Crippen LogP contribution is -2.48. The maximum absolute atomic E-state index is 11.8. The van der Waals surface area contributed by atoms with Crippen molar-refractivity contribution in [2.45, 2.75) is 51.4 Å². The minimum Gasteiger partial charge on any atom is -0.485 e. The number of aryl methyl sites for hydroxylation is 1. The van der Waals surface area contributed by atoms with Gasteiger partial charge in [-0.2, -0.15) is 13.1 Å². The van der Waals surface area contributed by atoms with Crippen molar-refractivity contribution in [3.63, 3.8) is 0 Å². The summed E-state index contributed by atoms with van der Waals surface area (Å²) in [6, 6.07) is 15.4. The molecule has 212 valence electrons. The number of nitrogens with one attached hydrogen (secondary N) is 2. The SMILES string of the molecule is Cc1nc(OCCC(C)(C)O)ccc1Oc1cccc2c1OC[C@H]2Oc1ccc(C2CC(=O)NS(=O)(=O)N2)cc1. The van der Waals surface area contributed by atoms with Gasteiger partial charge >= 0.3 is 10.2 Å². The Hall–Kier alpha value is -3.87. The Kier molecular flexibility index (Phi) is 7.58. The Labute approximate surface area is 232 Å². The number of pyridine rings is 1. The molecule has 11 nitrogen and oxygen atoms in total. The fraction of sp³-hybridized carbons (Fsp3) is 0.357. The van der Waals surface area contributed by atoms with Gasteiger partial charge in [-0.3, -0.25) is 4.79 Å². The molecule has 1 amide bonds. The van der Waals surface area contributed by atoms with E-state index < -0.39 is 27.8 Å². The van der Waals surface area contributed by atoms with Crippen molar-refractivity contribution in [1.29, 1.82) is 0 Å². The van der Waals surface area contributed by atoms with Crippen LogP contribution in [0.25, 0.3) is 0 Å². The monoisotopic (exact) mass is 569 g/mol. The minimum absolute atomic E-state index is 0.0128. The number of benzene rings is 2. The topological polar surface area (TPSA) is 145 Å². The first-order valence-electron chi connectivity index (χ1n) is 12.8. The molecule has 2 aliphatic rings. The van der Waals surface area contributed by atoms with Crippen LogP contribution in [0.1, 0.15) is 55.7 Å². The highest BCUT2D eigenvalue weighted by Crippen LogP contribution is 2.44. The molecular formula is C28H31N3O8S. The van der Waals surface area contributed by atoms with Crippen LogP contribution in [0.15, 0.2) is 54.6 Å². The zero-order valence-corrected chi connectivity index (χ0v) is 23.2. The zero-order valence-electron chi connectivity index (χ0n) is 22.3. The van der Waals surface area contributed by atoms with Gasteiger partial charge in [0.2, 0.25) is 11.8 Å². The van der Waals surface area contributed by atoms with Gasteiger partial charge in [-0.15, -0.1) is 0 Å². The molecule has 0 saturated carbocycles. The number of fused-ring (bicyclic) bond motifs is 1. The second-order valence-corrected chi connectivity index (χ2v) is 11.8. The summed E-state index contributed by atoms with van der Waals surface area (Å²) in [6.45, 7) is 5.90. The standard InChI is InChI=1S/C28H31N3O8S/c1-17-22(11-12-26(29-17)36-14-13-28(2,3)33)39-23-6-4-5-20-24(16-37-27(20)23)38-19-9-7-18(8-10-19)21-15-25(32)31-40(34,35)30-21/h4-12,21,24,30,33H,13-16H2,1-3H3,(H,31,32)/t21?,24-/m1/s1. The van der Waals surface area contributed by atoms with Crippen molar-refractivity contribution >= 4 is 16.1 Å². The molecule has 1 saturated heterocycles. The van der Waals surface area contributed by atoms with E-state index >= 15 is 0 Å². The highest BCUT2D eigenvalue weighted by atomic mass is 32.2. The second kappa shape index (κ2) is 11.0. The number of rotatable bonds is 9. The van der Waals surface area contributed by atoms with Gasteiger partial charge in [0.1, 0.15) is 18.1 Å². The zero-order chi connectivity index (χ0) is 28.5. The van der Waals surface area contributed by atoms with Crippen LogP contribution in [-0.2, 0) is 15.0 Å². The van der Waals surface area contributed by atoms with E-state index in [0.717, 1.165) is 5.56 Å². The summed E-state index contributed by atoms with van der Waals surface area (Å²) in [6.07, 6.45) is 0.112. The molecule has 1 aromatic heterocycles. The van der Waals surface area contributed by atoms with E-state index in [4.69, 9.17) is 18.9 Å². The maximum Gasteiger partial charge on any atom is 0.301 e. The molecule has 2 aromatic carbocycles. The Balaban J connectivity index is 1.24. The molecule has 1 fully saturated rings. The van der Waals surface area contributed by atoms with Crippen LogP contribution in [0.3, 0.4) is 0 Å². The van der Waals surface area contributed by atoms with Gasteiger partial charge in [0.25, 0.3) is 0 Å². The summed E-state index contributed by atoms with van der Waals surface area (Å²) in [7, 11) is -3.86. The van der Waals surface area contributed by atoms with E-state index in [2.05, 4.69) is 9.71 Å². The quantitative estimate of drug-likeness (QED) is 0.352. The maximum atomic E-state index is 11.8. The predicted octanol–water partition coefficient (Wildman–Crippen LogP) is 3.63. The highest BCUT2D eigenvalue weighted by molar-refractivity contribution is 7.88. The average Bonchev–Trinajstić information content (AvgIpc) is 3.28. The van der Waals surface area contributed by atoms with Crippen molar-refractivity contribution in [2.75, 3.05) is 13.2 Å². The first-order valence-corrected chi connectivity index (χ1v) is 14.3. The molecule has 0 aliphatic carbocycles. The van der Waals surface area contributed by atoms with Crippen molar-refractivity contribution in [1.82, 2.24) is 14.4 Å². The number of carbonyl (C=O) groups excluding carboxylic acids is 1. The molecule has 12 heteroatoms. The Morgan fingerprint density at radius 2 is 1.88 bits per heavy atom. The Morgan fingerprint density at radius 3 is 2.58 bits per heavy atom. The smallest absolute Gasteiger partial charge is 0.301 e. The van der Waals surface area contributed by atoms with E-state index in [1.54, 1.807) is 50.2 Å². The molecule has 3 heterocycles. The number of aromatic nitrogens is 1. The molecular weight excluding hydrogens is 538 g/mol. The lowest BCUT2D eigenvalue weighted by molar-refractivity contribution is -0.120. The van der Waals surface area contributed by atoms with Gasteiger partial charge in [0, 0.05) is 24.5 Å².